The number of nitrogens with one attached hydrogen (secondary N) is 2. The van der Waals surface area contributed by atoms with Crippen LogP contribution in [0.25, 0.3) is 0 Å². The molecule has 2 aliphatic rings. The first-order valence-electron chi connectivity index (χ1n) is 9.67. The van der Waals surface area contributed by atoms with Gasteiger partial charge < -0.3 is 19.9 Å². The van der Waals surface area contributed by atoms with Gasteiger partial charge in [0.25, 0.3) is 0 Å². The van der Waals surface area contributed by atoms with Crippen molar-refractivity contribution >= 4 is 11.8 Å². The average Bonchev–Trinajstić information content (AvgIpc) is 3.09. The van der Waals surface area contributed by atoms with Crippen LogP contribution in [0.4, 0.5) is 0 Å². The molecule has 2 amide bonds. The van der Waals surface area contributed by atoms with Crippen molar-refractivity contribution in [3.05, 3.63) is 24.0 Å². The second kappa shape index (κ2) is 9.19. The molecule has 1 atom stereocenters. The van der Waals surface area contributed by atoms with Crippen molar-refractivity contribution < 1.29 is 14.3 Å². The van der Waals surface area contributed by atoms with E-state index in [-0.39, 0.29) is 12.1 Å². The molecule has 1 saturated carbocycles. The molecule has 2 N–H and O–H groups in total. The largest absolute Gasteiger partial charge is 0.379 e. The average molecular weight is 362 g/mol. The standard InChI is InChI=1S/C19H30N4O3/c1-22-9-5-8-16(22)17(23-10-12-26-13-11-23)14-20-18(24)19(25)21-15-6-3-2-4-7-15/h5,8-9,15,17H,2-4,6-7,10-14H2,1H3,(H,20,24)(H,21,25). The molecule has 0 bridgehead atoms. The van der Waals surface area contributed by atoms with Gasteiger partial charge in [0.2, 0.25) is 0 Å². The number of carbonyl (C=O) groups is 2. The Morgan fingerprint density at radius 2 is 1.92 bits per heavy atom. The Hall–Kier alpha value is -1.86. The van der Waals surface area contributed by atoms with Gasteiger partial charge in [0.1, 0.15) is 0 Å². The van der Waals surface area contributed by atoms with Crippen LogP contribution in [-0.2, 0) is 21.4 Å². The van der Waals surface area contributed by atoms with E-state index in [2.05, 4.69) is 26.2 Å². The zero-order valence-electron chi connectivity index (χ0n) is 15.6. The molecule has 7 heteroatoms. The predicted octanol–water partition coefficient (Wildman–Crippen LogP) is 0.964. The maximum absolute atomic E-state index is 12.3. The Balaban J connectivity index is 1.57. The summed E-state index contributed by atoms with van der Waals surface area (Å²) in [4.78, 5) is 26.8. The number of ether oxygens (including phenoxy) is 1. The molecular formula is C19H30N4O3. The first-order chi connectivity index (χ1) is 12.6. The van der Waals surface area contributed by atoms with Crippen molar-refractivity contribution in [3.8, 4) is 0 Å². The van der Waals surface area contributed by atoms with Crippen LogP contribution in [-0.4, -0.2) is 60.2 Å². The van der Waals surface area contributed by atoms with Gasteiger partial charge in [0.15, 0.2) is 0 Å². The van der Waals surface area contributed by atoms with E-state index in [1.165, 1.54) is 6.42 Å². The normalized spacial score (nSPS) is 20.5. The van der Waals surface area contributed by atoms with E-state index in [9.17, 15) is 9.59 Å². The minimum Gasteiger partial charge on any atom is -0.379 e. The highest BCUT2D eigenvalue weighted by atomic mass is 16.5. The minimum atomic E-state index is -0.539. The fourth-order valence-corrected chi connectivity index (χ4v) is 3.90. The molecule has 1 aliphatic carbocycles. The smallest absolute Gasteiger partial charge is 0.309 e. The molecule has 0 aromatic carbocycles. The zero-order chi connectivity index (χ0) is 18.4. The monoisotopic (exact) mass is 362 g/mol. The van der Waals surface area contributed by atoms with E-state index < -0.39 is 11.8 Å². The SMILES string of the molecule is Cn1cccc1C(CNC(=O)C(=O)NC1CCCCC1)N1CCOCC1. The summed E-state index contributed by atoms with van der Waals surface area (Å²) in [5.74, 6) is -1.05. The molecule has 1 saturated heterocycles. The van der Waals surface area contributed by atoms with Gasteiger partial charge >= 0.3 is 11.8 Å². The van der Waals surface area contributed by atoms with E-state index in [4.69, 9.17) is 4.74 Å². The Morgan fingerprint density at radius 1 is 1.19 bits per heavy atom. The number of aromatic nitrogens is 1. The third-order valence-electron chi connectivity index (χ3n) is 5.41. The fourth-order valence-electron chi connectivity index (χ4n) is 3.90. The summed E-state index contributed by atoms with van der Waals surface area (Å²) in [7, 11) is 2.00. The van der Waals surface area contributed by atoms with Gasteiger partial charge in [-0.15, -0.1) is 0 Å². The van der Waals surface area contributed by atoms with Gasteiger partial charge in [-0.25, -0.2) is 0 Å². The second-order valence-electron chi connectivity index (χ2n) is 7.23. The van der Waals surface area contributed by atoms with E-state index in [1.54, 1.807) is 0 Å². The molecule has 1 unspecified atom stereocenters. The summed E-state index contributed by atoms with van der Waals surface area (Å²) in [6.07, 6.45) is 7.41. The van der Waals surface area contributed by atoms with Crippen LogP contribution in [0.15, 0.2) is 18.3 Å². The van der Waals surface area contributed by atoms with Crippen LogP contribution in [0.2, 0.25) is 0 Å². The van der Waals surface area contributed by atoms with Crippen molar-refractivity contribution in [2.75, 3.05) is 32.8 Å². The Labute approximate surface area is 155 Å². The van der Waals surface area contributed by atoms with Gasteiger partial charge in [-0.2, -0.15) is 0 Å². The van der Waals surface area contributed by atoms with Crippen molar-refractivity contribution in [2.45, 2.75) is 44.2 Å². The minimum absolute atomic E-state index is 0.0327. The summed E-state index contributed by atoms with van der Waals surface area (Å²) in [6.45, 7) is 3.43. The maximum Gasteiger partial charge on any atom is 0.309 e. The Morgan fingerprint density at radius 3 is 2.58 bits per heavy atom. The molecule has 0 spiro atoms. The van der Waals surface area contributed by atoms with Crippen molar-refractivity contribution in [2.24, 2.45) is 7.05 Å². The lowest BCUT2D eigenvalue weighted by atomic mass is 9.95. The number of amides is 2. The molecule has 26 heavy (non-hydrogen) atoms. The van der Waals surface area contributed by atoms with Crippen LogP contribution < -0.4 is 10.6 Å². The number of aryl methyl sites for hydroxylation is 1. The maximum atomic E-state index is 12.3. The van der Waals surface area contributed by atoms with Crippen LogP contribution in [0.3, 0.4) is 0 Å². The van der Waals surface area contributed by atoms with Gasteiger partial charge in [0, 0.05) is 44.6 Å². The molecule has 1 aliphatic heterocycles. The van der Waals surface area contributed by atoms with E-state index in [0.717, 1.165) is 44.5 Å². The zero-order valence-corrected chi connectivity index (χ0v) is 15.6. The molecule has 2 heterocycles. The lowest BCUT2D eigenvalue weighted by Gasteiger charge is -2.35. The van der Waals surface area contributed by atoms with Gasteiger partial charge in [-0.05, 0) is 25.0 Å². The van der Waals surface area contributed by atoms with Gasteiger partial charge in [-0.1, -0.05) is 19.3 Å². The number of hydrogen-bond acceptors (Lipinski definition) is 4. The second-order valence-corrected chi connectivity index (χ2v) is 7.23. The molecule has 3 rings (SSSR count). The van der Waals surface area contributed by atoms with Gasteiger partial charge in [-0.3, -0.25) is 14.5 Å². The lowest BCUT2D eigenvalue weighted by Crippen LogP contribution is -2.49. The highest BCUT2D eigenvalue weighted by Gasteiger charge is 2.26. The van der Waals surface area contributed by atoms with Crippen molar-refractivity contribution in [1.29, 1.82) is 0 Å². The number of hydrogen-bond donors (Lipinski definition) is 2. The number of nitrogens with zero attached hydrogens (tertiary/aromatic N) is 2. The number of carbonyl (C=O) groups excluding carboxylic acids is 2. The summed E-state index contributed by atoms with van der Waals surface area (Å²) in [5.41, 5.74) is 1.12. The third kappa shape index (κ3) is 4.86. The quantitative estimate of drug-likeness (QED) is 0.765. The lowest BCUT2D eigenvalue weighted by molar-refractivity contribution is -0.140. The highest BCUT2D eigenvalue weighted by Crippen LogP contribution is 2.21. The molecule has 7 nitrogen and oxygen atoms in total. The molecule has 2 fully saturated rings. The molecule has 144 valence electrons. The van der Waals surface area contributed by atoms with Crippen LogP contribution in [0.5, 0.6) is 0 Å². The molecular weight excluding hydrogens is 332 g/mol. The summed E-state index contributed by atoms with van der Waals surface area (Å²) in [5, 5.41) is 5.72. The summed E-state index contributed by atoms with van der Waals surface area (Å²) in [6, 6.07) is 4.24. The van der Waals surface area contributed by atoms with Crippen molar-refractivity contribution in [3.63, 3.8) is 0 Å². The number of rotatable bonds is 5. The van der Waals surface area contributed by atoms with Crippen molar-refractivity contribution in [1.82, 2.24) is 20.1 Å². The molecule has 1 aromatic heterocycles. The first kappa shape index (κ1) is 18.9. The highest BCUT2D eigenvalue weighted by molar-refractivity contribution is 6.35. The van der Waals surface area contributed by atoms with Crippen LogP contribution >= 0.6 is 0 Å². The van der Waals surface area contributed by atoms with E-state index in [1.807, 2.05) is 19.3 Å². The first-order valence-corrected chi connectivity index (χ1v) is 9.67. The van der Waals surface area contributed by atoms with Gasteiger partial charge in [0.05, 0.1) is 19.3 Å². The van der Waals surface area contributed by atoms with E-state index in [0.29, 0.717) is 19.8 Å². The molecule has 1 aromatic rings. The summed E-state index contributed by atoms with van der Waals surface area (Å²) < 4.78 is 7.51. The predicted molar refractivity (Wildman–Crippen MR) is 98.6 cm³/mol. The Bertz CT molecular complexity index is 604. The fraction of sp³-hybridized carbons (Fsp3) is 0.684. The number of morpholine rings is 1. The summed E-state index contributed by atoms with van der Waals surface area (Å²) >= 11 is 0. The third-order valence-corrected chi connectivity index (χ3v) is 5.41. The molecule has 0 radical (unpaired) electrons. The topological polar surface area (TPSA) is 75.6 Å². The van der Waals surface area contributed by atoms with Crippen LogP contribution in [0, 0.1) is 0 Å². The van der Waals surface area contributed by atoms with E-state index >= 15 is 0 Å². The van der Waals surface area contributed by atoms with Crippen LogP contribution in [0.1, 0.15) is 43.8 Å². The Kier molecular flexibility index (Phi) is 6.68.